The maximum absolute atomic E-state index is 13.9. The van der Waals surface area contributed by atoms with E-state index in [1.807, 2.05) is 0 Å². The topological polar surface area (TPSA) is 87.3 Å². The van der Waals surface area contributed by atoms with Gasteiger partial charge in [-0.2, -0.15) is 0 Å². The van der Waals surface area contributed by atoms with Gasteiger partial charge in [-0.25, -0.2) is 17.5 Å². The van der Waals surface area contributed by atoms with Crippen LogP contribution in [0.4, 0.5) is 10.1 Å². The van der Waals surface area contributed by atoms with Crippen molar-refractivity contribution in [1.29, 1.82) is 0 Å². The van der Waals surface area contributed by atoms with Gasteiger partial charge in [-0.15, -0.1) is 0 Å². The molecule has 1 saturated heterocycles. The third-order valence-electron chi connectivity index (χ3n) is 4.01. The van der Waals surface area contributed by atoms with E-state index in [9.17, 15) is 17.6 Å². The highest BCUT2D eigenvalue weighted by Gasteiger charge is 2.30. The van der Waals surface area contributed by atoms with E-state index in [0.717, 1.165) is 44.7 Å². The van der Waals surface area contributed by atoms with Gasteiger partial charge in [0.15, 0.2) is 0 Å². The van der Waals surface area contributed by atoms with Crippen molar-refractivity contribution in [3.8, 4) is 0 Å². The summed E-state index contributed by atoms with van der Waals surface area (Å²) in [5, 5.41) is 5.77. The molecule has 3 rings (SSSR count). The maximum Gasteiger partial charge on any atom is 0.243 e. The molecule has 23 heavy (non-hydrogen) atoms. The second kappa shape index (κ2) is 6.54. The van der Waals surface area contributed by atoms with Crippen molar-refractivity contribution in [2.75, 3.05) is 11.9 Å². The SMILES string of the molecule is O=C(Nc1ccc(F)c(S(=O)(=O)NC2CC2)c1)C1CCCCN1. The van der Waals surface area contributed by atoms with E-state index in [2.05, 4.69) is 15.4 Å². The van der Waals surface area contributed by atoms with Crippen LogP contribution in [0.1, 0.15) is 32.1 Å². The number of sulfonamides is 1. The van der Waals surface area contributed by atoms with Gasteiger partial charge in [0.1, 0.15) is 10.7 Å². The van der Waals surface area contributed by atoms with Gasteiger partial charge < -0.3 is 10.6 Å². The van der Waals surface area contributed by atoms with Crippen molar-refractivity contribution in [2.45, 2.75) is 49.1 Å². The van der Waals surface area contributed by atoms with Crippen LogP contribution in [0.25, 0.3) is 0 Å². The minimum atomic E-state index is -3.90. The minimum absolute atomic E-state index is 0.107. The van der Waals surface area contributed by atoms with E-state index in [1.54, 1.807) is 0 Å². The largest absolute Gasteiger partial charge is 0.325 e. The molecule has 1 unspecified atom stereocenters. The summed E-state index contributed by atoms with van der Waals surface area (Å²) < 4.78 is 40.7. The van der Waals surface area contributed by atoms with E-state index >= 15 is 0 Å². The standard InChI is InChI=1S/C15H20FN3O3S/c16-12-7-6-11(18-15(20)13-3-1-2-8-17-13)9-14(12)23(21,22)19-10-4-5-10/h6-7,9-10,13,17,19H,1-5,8H2,(H,18,20). The molecule has 1 aromatic carbocycles. The van der Waals surface area contributed by atoms with Crippen molar-refractivity contribution in [1.82, 2.24) is 10.0 Å². The number of carbonyl (C=O) groups excluding carboxylic acids is 1. The molecular weight excluding hydrogens is 321 g/mol. The van der Waals surface area contributed by atoms with E-state index < -0.39 is 20.7 Å². The monoisotopic (exact) mass is 341 g/mol. The molecule has 2 fully saturated rings. The first-order valence-corrected chi connectivity index (χ1v) is 9.30. The van der Waals surface area contributed by atoms with E-state index in [4.69, 9.17) is 0 Å². The number of rotatable bonds is 5. The Hall–Kier alpha value is -1.51. The zero-order chi connectivity index (χ0) is 16.4. The van der Waals surface area contributed by atoms with Crippen molar-refractivity contribution in [3.05, 3.63) is 24.0 Å². The number of benzene rings is 1. The lowest BCUT2D eigenvalue weighted by Gasteiger charge is -2.22. The number of piperidine rings is 1. The van der Waals surface area contributed by atoms with Gasteiger partial charge >= 0.3 is 0 Å². The van der Waals surface area contributed by atoms with Gasteiger partial charge in [0.05, 0.1) is 6.04 Å². The molecule has 1 aromatic rings. The van der Waals surface area contributed by atoms with E-state index in [0.29, 0.717) is 0 Å². The molecule has 1 aliphatic heterocycles. The van der Waals surface area contributed by atoms with Crippen LogP contribution in [0.2, 0.25) is 0 Å². The van der Waals surface area contributed by atoms with Gasteiger partial charge in [0.25, 0.3) is 0 Å². The molecule has 1 heterocycles. The summed E-state index contributed by atoms with van der Waals surface area (Å²) in [6.45, 7) is 0.784. The Morgan fingerprint density at radius 3 is 2.65 bits per heavy atom. The molecule has 2 aliphatic rings. The van der Waals surface area contributed by atoms with Crippen molar-refractivity contribution in [3.63, 3.8) is 0 Å². The zero-order valence-electron chi connectivity index (χ0n) is 12.6. The predicted octanol–water partition coefficient (Wildman–Crippen LogP) is 1.35. The van der Waals surface area contributed by atoms with Crippen molar-refractivity contribution < 1.29 is 17.6 Å². The Balaban J connectivity index is 1.75. The van der Waals surface area contributed by atoms with Gasteiger partial charge in [0, 0.05) is 11.7 Å². The minimum Gasteiger partial charge on any atom is -0.325 e. The molecule has 1 saturated carbocycles. The summed E-state index contributed by atoms with van der Waals surface area (Å²) in [4.78, 5) is 11.7. The Bertz CT molecular complexity index is 698. The summed E-state index contributed by atoms with van der Waals surface area (Å²) in [7, 11) is -3.90. The number of nitrogens with one attached hydrogen (secondary N) is 3. The van der Waals surface area contributed by atoms with Gasteiger partial charge in [-0.1, -0.05) is 6.42 Å². The molecule has 1 atom stereocenters. The molecule has 1 aliphatic carbocycles. The highest BCUT2D eigenvalue weighted by molar-refractivity contribution is 7.89. The fourth-order valence-electron chi connectivity index (χ4n) is 2.58. The first kappa shape index (κ1) is 16.4. The number of amides is 1. The Labute approximate surface area is 134 Å². The number of hydrogen-bond acceptors (Lipinski definition) is 4. The highest BCUT2D eigenvalue weighted by atomic mass is 32.2. The molecule has 0 spiro atoms. The second-order valence-corrected chi connectivity index (χ2v) is 7.71. The lowest BCUT2D eigenvalue weighted by Crippen LogP contribution is -2.43. The van der Waals surface area contributed by atoms with Crippen LogP contribution < -0.4 is 15.4 Å². The zero-order valence-corrected chi connectivity index (χ0v) is 13.5. The fraction of sp³-hybridized carbons (Fsp3) is 0.533. The van der Waals surface area contributed by atoms with Crippen LogP contribution in [0, 0.1) is 5.82 Å². The van der Waals surface area contributed by atoms with E-state index in [1.165, 1.54) is 12.1 Å². The molecule has 3 N–H and O–H groups in total. The molecule has 8 heteroatoms. The average Bonchev–Trinajstić information content (AvgIpc) is 3.33. The van der Waals surface area contributed by atoms with Crippen LogP contribution in [-0.4, -0.2) is 33.0 Å². The van der Waals surface area contributed by atoms with Gasteiger partial charge in [-0.3, -0.25) is 4.79 Å². The predicted molar refractivity (Wildman–Crippen MR) is 84.0 cm³/mol. The molecular formula is C15H20FN3O3S. The van der Waals surface area contributed by atoms with Crippen LogP contribution in [-0.2, 0) is 14.8 Å². The maximum atomic E-state index is 13.9. The number of anilines is 1. The summed E-state index contributed by atoms with van der Waals surface area (Å²) in [6, 6.07) is 3.20. The summed E-state index contributed by atoms with van der Waals surface area (Å²) in [5.74, 6) is -1.05. The number of carbonyl (C=O) groups is 1. The first-order valence-electron chi connectivity index (χ1n) is 7.82. The summed E-state index contributed by atoms with van der Waals surface area (Å²) in [5.41, 5.74) is 0.278. The highest BCUT2D eigenvalue weighted by Crippen LogP contribution is 2.25. The van der Waals surface area contributed by atoms with Crippen LogP contribution in [0.15, 0.2) is 23.1 Å². The third-order valence-corrected chi connectivity index (χ3v) is 5.55. The molecule has 0 aromatic heterocycles. The number of halogens is 1. The van der Waals surface area contributed by atoms with Crippen LogP contribution >= 0.6 is 0 Å². The van der Waals surface area contributed by atoms with Crippen LogP contribution in [0.5, 0.6) is 0 Å². The molecule has 126 valence electrons. The lowest BCUT2D eigenvalue weighted by molar-refractivity contribution is -0.118. The summed E-state index contributed by atoms with van der Waals surface area (Å²) in [6.07, 6.45) is 4.28. The normalized spacial score (nSPS) is 21.9. The average molecular weight is 341 g/mol. The first-order chi connectivity index (χ1) is 11.0. The molecule has 0 bridgehead atoms. The van der Waals surface area contributed by atoms with Crippen LogP contribution in [0.3, 0.4) is 0 Å². The summed E-state index contributed by atoms with van der Waals surface area (Å²) >= 11 is 0. The van der Waals surface area contributed by atoms with Crippen molar-refractivity contribution >= 4 is 21.6 Å². The molecule has 6 nitrogen and oxygen atoms in total. The van der Waals surface area contributed by atoms with Gasteiger partial charge in [0.2, 0.25) is 15.9 Å². The number of hydrogen-bond donors (Lipinski definition) is 3. The molecule has 1 amide bonds. The molecule has 0 radical (unpaired) electrons. The fourth-order valence-corrected chi connectivity index (χ4v) is 3.98. The lowest BCUT2D eigenvalue weighted by atomic mass is 10.0. The Kier molecular flexibility index (Phi) is 4.65. The third kappa shape index (κ3) is 4.07. The van der Waals surface area contributed by atoms with Crippen molar-refractivity contribution in [2.24, 2.45) is 0 Å². The van der Waals surface area contributed by atoms with E-state index in [-0.39, 0.29) is 23.7 Å². The Morgan fingerprint density at radius 2 is 2.00 bits per heavy atom. The second-order valence-electron chi connectivity index (χ2n) is 6.03. The van der Waals surface area contributed by atoms with Gasteiger partial charge in [-0.05, 0) is 50.4 Å². The Morgan fingerprint density at radius 1 is 1.22 bits per heavy atom. The quantitative estimate of drug-likeness (QED) is 0.754. The smallest absolute Gasteiger partial charge is 0.243 e.